The molecule has 0 saturated heterocycles. The van der Waals surface area contributed by atoms with Crippen molar-refractivity contribution in [2.45, 2.75) is 25.3 Å². The van der Waals surface area contributed by atoms with Crippen molar-refractivity contribution in [2.24, 2.45) is 0 Å². The van der Waals surface area contributed by atoms with E-state index in [2.05, 4.69) is 21.2 Å². The van der Waals surface area contributed by atoms with Crippen molar-refractivity contribution in [3.8, 4) is 0 Å². The van der Waals surface area contributed by atoms with Crippen molar-refractivity contribution in [3.63, 3.8) is 0 Å². The summed E-state index contributed by atoms with van der Waals surface area (Å²) in [6.07, 6.45) is 0. The average molecular weight is 504 g/mol. The standard InChI is InChI=1S/C20H21BrCl2N2O2S/c1-13(20(27)24-2)25(10-15-5-8-17(22)9-18(15)23)19(26)12-28-11-14-3-6-16(21)7-4-14/h3-9,13H,10-12H2,1-2H3,(H,24,27)/t13-/m1/s1. The first kappa shape index (κ1) is 23.1. The maximum Gasteiger partial charge on any atom is 0.242 e. The predicted octanol–water partition coefficient (Wildman–Crippen LogP) is 5.15. The van der Waals surface area contributed by atoms with Crippen LogP contribution in [0.25, 0.3) is 0 Å². The fraction of sp³-hybridized carbons (Fsp3) is 0.300. The Bertz CT molecular complexity index is 833. The Labute approximate surface area is 188 Å². The van der Waals surface area contributed by atoms with Crippen molar-refractivity contribution in [3.05, 3.63) is 68.1 Å². The molecular weight excluding hydrogens is 483 g/mol. The molecular formula is C20H21BrCl2N2O2S. The second kappa shape index (κ2) is 11.1. The smallest absolute Gasteiger partial charge is 0.242 e. The van der Waals surface area contributed by atoms with Crippen LogP contribution in [0.4, 0.5) is 0 Å². The molecule has 0 aliphatic carbocycles. The Morgan fingerprint density at radius 1 is 1.18 bits per heavy atom. The van der Waals surface area contributed by atoms with Gasteiger partial charge in [-0.15, -0.1) is 11.8 Å². The van der Waals surface area contributed by atoms with Crippen LogP contribution in [0, 0.1) is 0 Å². The molecule has 150 valence electrons. The molecule has 0 fully saturated rings. The van der Waals surface area contributed by atoms with E-state index in [4.69, 9.17) is 23.2 Å². The molecule has 28 heavy (non-hydrogen) atoms. The monoisotopic (exact) mass is 502 g/mol. The SMILES string of the molecule is CNC(=O)[C@@H](C)N(Cc1ccc(Cl)cc1Cl)C(=O)CSCc1ccc(Br)cc1. The van der Waals surface area contributed by atoms with Crippen molar-refractivity contribution in [2.75, 3.05) is 12.8 Å². The Balaban J connectivity index is 2.07. The molecule has 2 rings (SSSR count). The van der Waals surface area contributed by atoms with Gasteiger partial charge in [0.05, 0.1) is 5.75 Å². The highest BCUT2D eigenvalue weighted by molar-refractivity contribution is 9.10. The lowest BCUT2D eigenvalue weighted by Gasteiger charge is -2.28. The number of carbonyl (C=O) groups excluding carboxylic acids is 2. The van der Waals surface area contributed by atoms with Gasteiger partial charge in [0, 0.05) is 33.9 Å². The molecule has 0 aromatic heterocycles. The summed E-state index contributed by atoms with van der Waals surface area (Å²) in [6.45, 7) is 1.95. The summed E-state index contributed by atoms with van der Waals surface area (Å²) in [5.74, 6) is 0.631. The molecule has 2 aromatic rings. The van der Waals surface area contributed by atoms with Gasteiger partial charge in [-0.05, 0) is 42.3 Å². The number of rotatable bonds is 8. The van der Waals surface area contributed by atoms with Crippen LogP contribution in [0.1, 0.15) is 18.1 Å². The van der Waals surface area contributed by atoms with E-state index in [1.807, 2.05) is 24.3 Å². The average Bonchev–Trinajstić information content (AvgIpc) is 2.67. The van der Waals surface area contributed by atoms with Crippen LogP contribution in [0.2, 0.25) is 10.0 Å². The quantitative estimate of drug-likeness (QED) is 0.541. The Morgan fingerprint density at radius 2 is 1.86 bits per heavy atom. The van der Waals surface area contributed by atoms with Crippen LogP contribution < -0.4 is 5.32 Å². The molecule has 0 unspecified atom stereocenters. The number of benzene rings is 2. The number of amides is 2. The third-order valence-electron chi connectivity index (χ3n) is 4.18. The van der Waals surface area contributed by atoms with E-state index in [0.717, 1.165) is 15.6 Å². The van der Waals surface area contributed by atoms with Gasteiger partial charge in [-0.3, -0.25) is 9.59 Å². The zero-order valence-electron chi connectivity index (χ0n) is 15.5. The topological polar surface area (TPSA) is 49.4 Å². The molecule has 1 N–H and O–H groups in total. The van der Waals surface area contributed by atoms with E-state index in [1.54, 1.807) is 37.1 Å². The molecule has 2 amide bonds. The van der Waals surface area contributed by atoms with Gasteiger partial charge in [0.25, 0.3) is 0 Å². The van der Waals surface area contributed by atoms with Crippen LogP contribution in [0.5, 0.6) is 0 Å². The number of hydrogen-bond donors (Lipinski definition) is 1. The molecule has 0 spiro atoms. The number of likely N-dealkylation sites (N-methyl/N-ethyl adjacent to an activating group) is 1. The third-order valence-corrected chi connectivity index (χ3v) is 6.28. The summed E-state index contributed by atoms with van der Waals surface area (Å²) < 4.78 is 1.02. The molecule has 0 aliphatic rings. The summed E-state index contributed by atoms with van der Waals surface area (Å²) in [5, 5.41) is 3.59. The minimum Gasteiger partial charge on any atom is -0.357 e. The highest BCUT2D eigenvalue weighted by Crippen LogP contribution is 2.24. The number of nitrogens with zero attached hydrogens (tertiary/aromatic N) is 1. The first-order valence-corrected chi connectivity index (χ1v) is 11.3. The Hall–Kier alpha value is -1.21. The zero-order chi connectivity index (χ0) is 20.7. The molecule has 1 atom stereocenters. The number of halogens is 3. The molecule has 4 nitrogen and oxygen atoms in total. The van der Waals surface area contributed by atoms with Crippen molar-refractivity contribution in [1.82, 2.24) is 10.2 Å². The fourth-order valence-electron chi connectivity index (χ4n) is 2.54. The molecule has 0 bridgehead atoms. The van der Waals surface area contributed by atoms with Crippen LogP contribution in [-0.2, 0) is 21.9 Å². The first-order valence-electron chi connectivity index (χ1n) is 8.59. The van der Waals surface area contributed by atoms with Crippen molar-refractivity contribution >= 4 is 62.7 Å². The van der Waals surface area contributed by atoms with Gasteiger partial charge >= 0.3 is 0 Å². The van der Waals surface area contributed by atoms with E-state index < -0.39 is 6.04 Å². The predicted molar refractivity (Wildman–Crippen MR) is 121 cm³/mol. The van der Waals surface area contributed by atoms with E-state index >= 15 is 0 Å². The highest BCUT2D eigenvalue weighted by atomic mass is 79.9. The number of carbonyl (C=O) groups is 2. The lowest BCUT2D eigenvalue weighted by molar-refractivity contribution is -0.138. The number of thioether (sulfide) groups is 1. The lowest BCUT2D eigenvalue weighted by atomic mass is 10.1. The number of nitrogens with one attached hydrogen (secondary N) is 1. The molecule has 0 aliphatic heterocycles. The van der Waals surface area contributed by atoms with Crippen molar-refractivity contribution < 1.29 is 9.59 Å². The van der Waals surface area contributed by atoms with Gasteiger partial charge in [0.2, 0.25) is 11.8 Å². The normalized spacial score (nSPS) is 11.8. The third kappa shape index (κ3) is 6.69. The van der Waals surface area contributed by atoms with E-state index in [1.165, 1.54) is 11.8 Å². The van der Waals surface area contributed by atoms with Gasteiger partial charge in [-0.2, -0.15) is 0 Å². The van der Waals surface area contributed by atoms with Crippen molar-refractivity contribution in [1.29, 1.82) is 0 Å². The molecule has 0 radical (unpaired) electrons. The fourth-order valence-corrected chi connectivity index (χ4v) is 4.15. The second-order valence-electron chi connectivity index (χ2n) is 6.17. The van der Waals surface area contributed by atoms with E-state index in [0.29, 0.717) is 15.8 Å². The minimum absolute atomic E-state index is 0.121. The second-order valence-corrected chi connectivity index (χ2v) is 8.91. The first-order chi connectivity index (χ1) is 13.3. The van der Waals surface area contributed by atoms with Crippen LogP contribution in [0.3, 0.4) is 0 Å². The molecule has 8 heteroatoms. The lowest BCUT2D eigenvalue weighted by Crippen LogP contribution is -2.47. The van der Waals surface area contributed by atoms with Gasteiger partial charge in [0.1, 0.15) is 6.04 Å². The molecule has 2 aromatic carbocycles. The summed E-state index contributed by atoms with van der Waals surface area (Å²) in [5.41, 5.74) is 1.88. The minimum atomic E-state index is -0.613. The van der Waals surface area contributed by atoms with Crippen LogP contribution in [0.15, 0.2) is 46.9 Å². The summed E-state index contributed by atoms with van der Waals surface area (Å²) in [6, 6.07) is 12.5. The van der Waals surface area contributed by atoms with E-state index in [-0.39, 0.29) is 24.1 Å². The van der Waals surface area contributed by atoms with E-state index in [9.17, 15) is 9.59 Å². The zero-order valence-corrected chi connectivity index (χ0v) is 19.5. The Morgan fingerprint density at radius 3 is 2.46 bits per heavy atom. The van der Waals surface area contributed by atoms with Gasteiger partial charge in [-0.1, -0.05) is 57.3 Å². The maximum absolute atomic E-state index is 12.9. The maximum atomic E-state index is 12.9. The van der Waals surface area contributed by atoms with Gasteiger partial charge in [0.15, 0.2) is 0 Å². The summed E-state index contributed by atoms with van der Waals surface area (Å²) in [4.78, 5) is 26.6. The largest absolute Gasteiger partial charge is 0.357 e. The number of hydrogen-bond acceptors (Lipinski definition) is 3. The van der Waals surface area contributed by atoms with Gasteiger partial charge in [-0.25, -0.2) is 0 Å². The Kier molecular flexibility index (Phi) is 9.15. The molecule has 0 heterocycles. The van der Waals surface area contributed by atoms with Crippen LogP contribution in [-0.4, -0.2) is 35.6 Å². The highest BCUT2D eigenvalue weighted by Gasteiger charge is 2.26. The summed E-state index contributed by atoms with van der Waals surface area (Å²) in [7, 11) is 1.55. The molecule has 0 saturated carbocycles. The van der Waals surface area contributed by atoms with Gasteiger partial charge < -0.3 is 10.2 Å². The summed E-state index contributed by atoms with van der Waals surface area (Å²) >= 11 is 17.1. The van der Waals surface area contributed by atoms with Crippen LogP contribution >= 0.6 is 50.9 Å².